The predicted molar refractivity (Wildman–Crippen MR) is 90.9 cm³/mol. The number of para-hydroxylation sites is 1. The number of nitrogens with one attached hydrogen (secondary N) is 1. The molecule has 1 N–H and O–H groups in total. The van der Waals surface area contributed by atoms with Crippen molar-refractivity contribution in [1.29, 1.82) is 0 Å². The molecule has 2 atom stereocenters. The van der Waals surface area contributed by atoms with Crippen molar-refractivity contribution < 1.29 is 0 Å². The molecule has 1 aliphatic rings. The Morgan fingerprint density at radius 3 is 2.81 bits per heavy atom. The Morgan fingerprint density at radius 1 is 1.33 bits per heavy atom. The number of H-pyrrole nitrogens is 1. The second-order valence-corrected chi connectivity index (χ2v) is 6.39. The van der Waals surface area contributed by atoms with Gasteiger partial charge in [-0.25, -0.2) is 0 Å². The fourth-order valence-corrected chi connectivity index (χ4v) is 4.04. The van der Waals surface area contributed by atoms with Gasteiger partial charge in [-0.1, -0.05) is 36.8 Å². The minimum atomic E-state index is 0.494. The van der Waals surface area contributed by atoms with Gasteiger partial charge in [-0.05, 0) is 51.9 Å². The second kappa shape index (κ2) is 5.69. The van der Waals surface area contributed by atoms with Crippen LogP contribution in [-0.2, 0) is 0 Å². The van der Waals surface area contributed by atoms with Crippen LogP contribution in [0, 0.1) is 6.92 Å². The van der Waals surface area contributed by atoms with Crippen LogP contribution in [0.25, 0.3) is 10.9 Å². The molecule has 0 bridgehead atoms. The first-order chi connectivity index (χ1) is 10.1. The first kappa shape index (κ1) is 14.4. The van der Waals surface area contributed by atoms with Gasteiger partial charge < -0.3 is 4.98 Å². The molecule has 21 heavy (non-hydrogen) atoms. The largest absolute Gasteiger partial charge is 0.358 e. The SMILES string of the molecule is C/C=C1\CCCN(C)C1C(C)c1[nH]c2ccccc2c1C. The lowest BCUT2D eigenvalue weighted by Crippen LogP contribution is -2.41. The number of hydrogen-bond donors (Lipinski definition) is 1. The van der Waals surface area contributed by atoms with E-state index in [1.807, 2.05) is 0 Å². The van der Waals surface area contributed by atoms with Crippen LogP contribution in [0.2, 0.25) is 0 Å². The highest BCUT2D eigenvalue weighted by atomic mass is 15.1. The average molecular weight is 282 g/mol. The summed E-state index contributed by atoms with van der Waals surface area (Å²) in [5.74, 6) is 0.494. The number of rotatable bonds is 2. The highest BCUT2D eigenvalue weighted by Gasteiger charge is 2.30. The Labute approximate surface area is 127 Å². The predicted octanol–water partition coefficient (Wildman–Crippen LogP) is 4.62. The van der Waals surface area contributed by atoms with Gasteiger partial charge in [-0.3, -0.25) is 4.90 Å². The van der Waals surface area contributed by atoms with Gasteiger partial charge in [0.2, 0.25) is 0 Å². The lowest BCUT2D eigenvalue weighted by molar-refractivity contribution is 0.211. The van der Waals surface area contributed by atoms with E-state index in [-0.39, 0.29) is 0 Å². The summed E-state index contributed by atoms with van der Waals surface area (Å²) in [5, 5.41) is 1.36. The van der Waals surface area contributed by atoms with E-state index in [9.17, 15) is 0 Å². The van der Waals surface area contributed by atoms with Crippen molar-refractivity contribution >= 4 is 10.9 Å². The number of nitrogens with zero attached hydrogens (tertiary/aromatic N) is 1. The molecule has 2 nitrogen and oxygen atoms in total. The molecule has 1 aliphatic heterocycles. The highest BCUT2D eigenvalue weighted by Crippen LogP contribution is 2.36. The molecule has 0 aliphatic carbocycles. The number of aryl methyl sites for hydroxylation is 1. The van der Waals surface area contributed by atoms with Crippen molar-refractivity contribution in [1.82, 2.24) is 9.88 Å². The van der Waals surface area contributed by atoms with E-state index in [1.165, 1.54) is 41.5 Å². The fourth-order valence-electron chi connectivity index (χ4n) is 4.04. The van der Waals surface area contributed by atoms with Gasteiger partial charge in [-0.15, -0.1) is 0 Å². The maximum Gasteiger partial charge on any atom is 0.0458 e. The van der Waals surface area contributed by atoms with Gasteiger partial charge in [0.25, 0.3) is 0 Å². The Kier molecular flexibility index (Phi) is 3.90. The monoisotopic (exact) mass is 282 g/mol. The number of hydrogen-bond acceptors (Lipinski definition) is 1. The van der Waals surface area contributed by atoms with Crippen LogP contribution in [0.15, 0.2) is 35.9 Å². The zero-order valence-corrected chi connectivity index (χ0v) is 13.6. The maximum absolute atomic E-state index is 3.67. The second-order valence-electron chi connectivity index (χ2n) is 6.39. The molecule has 2 unspecified atom stereocenters. The van der Waals surface area contributed by atoms with E-state index >= 15 is 0 Å². The minimum absolute atomic E-state index is 0.494. The molecule has 1 saturated heterocycles. The summed E-state index contributed by atoms with van der Waals surface area (Å²) in [6.07, 6.45) is 4.86. The summed E-state index contributed by atoms with van der Waals surface area (Å²) >= 11 is 0. The smallest absolute Gasteiger partial charge is 0.0458 e. The van der Waals surface area contributed by atoms with Crippen molar-refractivity contribution in [2.45, 2.75) is 45.6 Å². The van der Waals surface area contributed by atoms with Crippen molar-refractivity contribution in [3.63, 3.8) is 0 Å². The average Bonchev–Trinajstić information content (AvgIpc) is 2.84. The molecule has 0 spiro atoms. The topological polar surface area (TPSA) is 19.0 Å². The van der Waals surface area contributed by atoms with E-state index < -0.39 is 0 Å². The number of allylic oxidation sites excluding steroid dienone is 1. The molecule has 112 valence electrons. The molecule has 1 fully saturated rings. The van der Waals surface area contributed by atoms with Crippen LogP contribution in [-0.4, -0.2) is 29.5 Å². The first-order valence-corrected chi connectivity index (χ1v) is 8.06. The van der Waals surface area contributed by atoms with Gasteiger partial charge in [0.1, 0.15) is 0 Å². The summed E-state index contributed by atoms with van der Waals surface area (Å²) in [4.78, 5) is 6.19. The van der Waals surface area contributed by atoms with Gasteiger partial charge >= 0.3 is 0 Å². The summed E-state index contributed by atoms with van der Waals surface area (Å²) < 4.78 is 0. The van der Waals surface area contributed by atoms with E-state index in [1.54, 1.807) is 5.57 Å². The summed E-state index contributed by atoms with van der Waals surface area (Å²) in [7, 11) is 2.27. The van der Waals surface area contributed by atoms with Crippen LogP contribution >= 0.6 is 0 Å². The Morgan fingerprint density at radius 2 is 2.10 bits per heavy atom. The number of piperidine rings is 1. The number of likely N-dealkylation sites (N-methyl/N-ethyl adjacent to an activating group) is 1. The number of likely N-dealkylation sites (tertiary alicyclic amines) is 1. The van der Waals surface area contributed by atoms with Gasteiger partial charge in [0, 0.05) is 28.6 Å². The quantitative estimate of drug-likeness (QED) is 0.796. The molecule has 0 saturated carbocycles. The molecule has 2 heteroatoms. The van der Waals surface area contributed by atoms with Crippen molar-refractivity contribution in [2.75, 3.05) is 13.6 Å². The Hall–Kier alpha value is -1.54. The molecule has 0 radical (unpaired) electrons. The van der Waals surface area contributed by atoms with E-state index in [0.717, 1.165) is 0 Å². The van der Waals surface area contributed by atoms with E-state index in [2.05, 4.69) is 68.0 Å². The molecule has 1 aromatic heterocycles. The minimum Gasteiger partial charge on any atom is -0.358 e. The summed E-state index contributed by atoms with van der Waals surface area (Å²) in [6.45, 7) is 8.01. The molecule has 0 amide bonds. The lowest BCUT2D eigenvalue weighted by Gasteiger charge is -2.39. The molecule has 1 aromatic carbocycles. The van der Waals surface area contributed by atoms with Gasteiger partial charge in [0.15, 0.2) is 0 Å². The number of aromatic nitrogens is 1. The Balaban J connectivity index is 2.02. The zero-order chi connectivity index (χ0) is 15.0. The van der Waals surface area contributed by atoms with Crippen LogP contribution in [0.5, 0.6) is 0 Å². The highest BCUT2D eigenvalue weighted by molar-refractivity contribution is 5.84. The standard InChI is InChI=1S/C19H26N2/c1-5-15-9-8-12-21(4)19(15)14(3)18-13(2)16-10-6-7-11-17(16)20-18/h5-7,10-11,14,19-20H,8-9,12H2,1-4H3/b15-5+. The molecule has 3 rings (SSSR count). The summed E-state index contributed by atoms with van der Waals surface area (Å²) in [6, 6.07) is 9.16. The van der Waals surface area contributed by atoms with E-state index in [4.69, 9.17) is 0 Å². The van der Waals surface area contributed by atoms with Crippen LogP contribution in [0.1, 0.15) is 43.9 Å². The van der Waals surface area contributed by atoms with E-state index in [0.29, 0.717) is 12.0 Å². The number of aromatic amines is 1. The molecular weight excluding hydrogens is 256 g/mol. The Bertz CT molecular complexity index is 665. The fraction of sp³-hybridized carbons (Fsp3) is 0.474. The van der Waals surface area contributed by atoms with Crippen LogP contribution in [0.4, 0.5) is 0 Å². The number of fused-ring (bicyclic) bond motifs is 1. The molecular formula is C19H26N2. The third kappa shape index (κ3) is 2.42. The van der Waals surface area contributed by atoms with Crippen LogP contribution < -0.4 is 0 Å². The molecule has 2 heterocycles. The summed E-state index contributed by atoms with van der Waals surface area (Å²) in [5.41, 5.74) is 5.66. The van der Waals surface area contributed by atoms with Gasteiger partial charge in [0.05, 0.1) is 0 Å². The van der Waals surface area contributed by atoms with Crippen LogP contribution in [0.3, 0.4) is 0 Å². The zero-order valence-electron chi connectivity index (χ0n) is 13.6. The van der Waals surface area contributed by atoms with Crippen molar-refractivity contribution in [3.8, 4) is 0 Å². The molecule has 2 aromatic rings. The third-order valence-electron chi connectivity index (χ3n) is 5.14. The first-order valence-electron chi connectivity index (χ1n) is 8.06. The maximum atomic E-state index is 3.67. The third-order valence-corrected chi connectivity index (χ3v) is 5.14. The van der Waals surface area contributed by atoms with Crippen molar-refractivity contribution in [2.24, 2.45) is 0 Å². The van der Waals surface area contributed by atoms with Crippen molar-refractivity contribution in [3.05, 3.63) is 47.2 Å². The normalized spacial score (nSPS) is 23.8. The number of benzene rings is 1. The van der Waals surface area contributed by atoms with Gasteiger partial charge in [-0.2, -0.15) is 0 Å². The lowest BCUT2D eigenvalue weighted by atomic mass is 9.84.